The van der Waals surface area contributed by atoms with Gasteiger partial charge in [0.05, 0.1) is 18.3 Å². The van der Waals surface area contributed by atoms with Crippen molar-refractivity contribution in [3.63, 3.8) is 0 Å². The first-order chi connectivity index (χ1) is 13.0. The minimum absolute atomic E-state index is 0.0926. The Morgan fingerprint density at radius 1 is 1.11 bits per heavy atom. The number of rotatable bonds is 10. The van der Waals surface area contributed by atoms with Crippen molar-refractivity contribution >= 4 is 5.97 Å². The van der Waals surface area contributed by atoms with Crippen molar-refractivity contribution < 1.29 is 19.7 Å². The second kappa shape index (κ2) is 9.47. The van der Waals surface area contributed by atoms with Gasteiger partial charge in [-0.15, -0.1) is 0 Å². The molecule has 2 fully saturated rings. The molecule has 0 aromatic rings. The molecule has 5 atom stereocenters. The lowest BCUT2D eigenvalue weighted by atomic mass is 9.55. The minimum Gasteiger partial charge on any atom is -0.466 e. The molecule has 2 saturated carbocycles. The van der Waals surface area contributed by atoms with Crippen LogP contribution >= 0.6 is 0 Å². The topological polar surface area (TPSA) is 66.8 Å². The van der Waals surface area contributed by atoms with Gasteiger partial charge in [-0.1, -0.05) is 26.7 Å². The predicted octanol–water partition coefficient (Wildman–Crippen LogP) is 5.24. The molecule has 2 N–H and O–H groups in total. The number of carbonyl (C=O) groups is 1. The van der Waals surface area contributed by atoms with E-state index in [2.05, 4.69) is 13.8 Å². The summed E-state index contributed by atoms with van der Waals surface area (Å²) < 4.78 is 5.12. The minimum atomic E-state index is -0.630. The average molecular weight is 397 g/mol. The van der Waals surface area contributed by atoms with Gasteiger partial charge in [0.25, 0.3) is 0 Å². The van der Waals surface area contributed by atoms with Gasteiger partial charge in [-0.3, -0.25) is 4.79 Å². The van der Waals surface area contributed by atoms with Crippen molar-refractivity contribution in [2.75, 3.05) is 6.61 Å². The first-order valence-corrected chi connectivity index (χ1v) is 11.6. The third kappa shape index (κ3) is 5.72. The molecular weight excluding hydrogens is 352 g/mol. The third-order valence-electron chi connectivity index (χ3n) is 7.90. The summed E-state index contributed by atoms with van der Waals surface area (Å²) in [6.45, 7) is 10.9. The summed E-state index contributed by atoms with van der Waals surface area (Å²) in [5, 5.41) is 20.8. The standard InChI is InChI=1S/C24H44O4/c1-6-28-21(26)11-8-15-23(4,16-9-14-22(2,3)27)20-13-12-18-19(25)10-7-17-24(18,20)5/h18-20,25,27H,6-17H2,1-5H3/t18?,19-,20?,23?,24-/m0/s1. The highest BCUT2D eigenvalue weighted by Gasteiger charge is 2.55. The Balaban J connectivity index is 2.11. The second-order valence-electron chi connectivity index (χ2n) is 10.7. The highest BCUT2D eigenvalue weighted by Crippen LogP contribution is 2.62. The molecular formula is C24H44O4. The molecule has 4 heteroatoms. The van der Waals surface area contributed by atoms with E-state index in [-0.39, 0.29) is 22.9 Å². The summed E-state index contributed by atoms with van der Waals surface area (Å²) in [4.78, 5) is 11.8. The fourth-order valence-corrected chi connectivity index (χ4v) is 6.56. The van der Waals surface area contributed by atoms with Gasteiger partial charge < -0.3 is 14.9 Å². The van der Waals surface area contributed by atoms with Gasteiger partial charge in [0, 0.05) is 6.42 Å². The predicted molar refractivity (Wildman–Crippen MR) is 113 cm³/mol. The number of fused-ring (bicyclic) bond motifs is 1. The number of ether oxygens (including phenoxy) is 1. The fraction of sp³-hybridized carbons (Fsp3) is 0.958. The molecule has 0 bridgehead atoms. The van der Waals surface area contributed by atoms with Gasteiger partial charge >= 0.3 is 5.97 Å². The van der Waals surface area contributed by atoms with Crippen molar-refractivity contribution in [3.05, 3.63) is 0 Å². The lowest BCUT2D eigenvalue weighted by Gasteiger charge is -2.50. The van der Waals surface area contributed by atoms with E-state index >= 15 is 0 Å². The van der Waals surface area contributed by atoms with E-state index in [1.165, 1.54) is 12.8 Å². The van der Waals surface area contributed by atoms with Crippen LogP contribution in [0, 0.1) is 22.7 Å². The van der Waals surface area contributed by atoms with E-state index in [0.29, 0.717) is 24.9 Å². The van der Waals surface area contributed by atoms with Crippen molar-refractivity contribution in [2.45, 2.75) is 117 Å². The monoisotopic (exact) mass is 396 g/mol. The van der Waals surface area contributed by atoms with Crippen LogP contribution in [0.25, 0.3) is 0 Å². The third-order valence-corrected chi connectivity index (χ3v) is 7.90. The van der Waals surface area contributed by atoms with E-state index in [9.17, 15) is 15.0 Å². The highest BCUT2D eigenvalue weighted by atomic mass is 16.5. The second-order valence-corrected chi connectivity index (χ2v) is 10.7. The largest absolute Gasteiger partial charge is 0.466 e. The van der Waals surface area contributed by atoms with E-state index in [4.69, 9.17) is 4.74 Å². The first kappa shape index (κ1) is 23.7. The number of aliphatic hydroxyl groups excluding tert-OH is 1. The van der Waals surface area contributed by atoms with Crippen molar-refractivity contribution in [1.82, 2.24) is 0 Å². The summed E-state index contributed by atoms with van der Waals surface area (Å²) in [6, 6.07) is 0. The van der Waals surface area contributed by atoms with Gasteiger partial charge in [0.1, 0.15) is 0 Å². The van der Waals surface area contributed by atoms with Gasteiger partial charge in [0.2, 0.25) is 0 Å². The Morgan fingerprint density at radius 2 is 1.79 bits per heavy atom. The summed E-state index contributed by atoms with van der Waals surface area (Å²) in [6.07, 6.45) is 10.7. The van der Waals surface area contributed by atoms with E-state index in [1.54, 1.807) is 0 Å². The zero-order valence-electron chi connectivity index (χ0n) is 18.9. The maximum Gasteiger partial charge on any atom is 0.305 e. The van der Waals surface area contributed by atoms with Crippen molar-refractivity contribution in [2.24, 2.45) is 22.7 Å². The summed E-state index contributed by atoms with van der Waals surface area (Å²) in [5.41, 5.74) is -0.293. The van der Waals surface area contributed by atoms with Crippen LogP contribution in [0.3, 0.4) is 0 Å². The Morgan fingerprint density at radius 3 is 2.43 bits per heavy atom. The maximum absolute atomic E-state index is 11.8. The quantitative estimate of drug-likeness (QED) is 0.495. The normalized spacial score (nSPS) is 32.6. The van der Waals surface area contributed by atoms with Crippen LogP contribution in [-0.2, 0) is 9.53 Å². The van der Waals surface area contributed by atoms with Gasteiger partial charge in [-0.05, 0) is 94.8 Å². The molecule has 0 aromatic heterocycles. The zero-order valence-corrected chi connectivity index (χ0v) is 18.9. The van der Waals surface area contributed by atoms with Crippen LogP contribution in [0.2, 0.25) is 0 Å². The molecule has 0 amide bonds. The van der Waals surface area contributed by atoms with Crippen LogP contribution in [0.1, 0.15) is 105 Å². The highest BCUT2D eigenvalue weighted by molar-refractivity contribution is 5.69. The number of esters is 1. The van der Waals surface area contributed by atoms with E-state index in [0.717, 1.165) is 51.4 Å². The lowest BCUT2D eigenvalue weighted by Crippen LogP contribution is -2.45. The Labute approximate surface area is 172 Å². The molecule has 0 saturated heterocycles. The molecule has 2 aliphatic carbocycles. The molecule has 3 unspecified atom stereocenters. The van der Waals surface area contributed by atoms with Gasteiger partial charge in [-0.25, -0.2) is 0 Å². The molecule has 0 aromatic carbocycles. The molecule has 2 aliphatic rings. The van der Waals surface area contributed by atoms with Crippen LogP contribution in [0.4, 0.5) is 0 Å². The van der Waals surface area contributed by atoms with Crippen LogP contribution < -0.4 is 0 Å². The van der Waals surface area contributed by atoms with Crippen LogP contribution in [0.5, 0.6) is 0 Å². The smallest absolute Gasteiger partial charge is 0.305 e. The van der Waals surface area contributed by atoms with Crippen LogP contribution in [0.15, 0.2) is 0 Å². The molecule has 2 rings (SSSR count). The summed E-state index contributed by atoms with van der Waals surface area (Å²) in [5.74, 6) is 0.902. The zero-order chi connectivity index (χ0) is 21.0. The molecule has 0 aliphatic heterocycles. The van der Waals surface area contributed by atoms with Gasteiger partial charge in [-0.2, -0.15) is 0 Å². The van der Waals surface area contributed by atoms with E-state index in [1.807, 2.05) is 20.8 Å². The number of carbonyl (C=O) groups excluding carboxylic acids is 1. The summed E-state index contributed by atoms with van der Waals surface area (Å²) in [7, 11) is 0. The number of hydrogen-bond acceptors (Lipinski definition) is 4. The van der Waals surface area contributed by atoms with Crippen LogP contribution in [-0.4, -0.2) is 34.5 Å². The molecule has 164 valence electrons. The van der Waals surface area contributed by atoms with Gasteiger partial charge in [0.15, 0.2) is 0 Å². The molecule has 28 heavy (non-hydrogen) atoms. The molecule has 0 spiro atoms. The SMILES string of the molecule is CCOC(=O)CCCC(C)(CCCC(C)(C)O)C1CCC2[C@@H](O)CCC[C@@]21C. The molecule has 4 nitrogen and oxygen atoms in total. The average Bonchev–Trinajstić information content (AvgIpc) is 2.93. The maximum atomic E-state index is 11.8. The molecule has 0 heterocycles. The number of hydrogen-bond donors (Lipinski definition) is 2. The number of aliphatic hydroxyl groups is 2. The summed E-state index contributed by atoms with van der Waals surface area (Å²) >= 11 is 0. The Kier molecular flexibility index (Phi) is 8.00. The Hall–Kier alpha value is -0.610. The van der Waals surface area contributed by atoms with Crippen molar-refractivity contribution in [3.8, 4) is 0 Å². The van der Waals surface area contributed by atoms with E-state index < -0.39 is 5.60 Å². The first-order valence-electron chi connectivity index (χ1n) is 11.6. The van der Waals surface area contributed by atoms with Crippen molar-refractivity contribution in [1.29, 1.82) is 0 Å². The molecule has 0 radical (unpaired) electrons. The fourth-order valence-electron chi connectivity index (χ4n) is 6.56. The lowest BCUT2D eigenvalue weighted by molar-refractivity contribution is -0.143. The Bertz CT molecular complexity index is 511.